The monoisotopic (exact) mass is 144 g/mol. The van der Waals surface area contributed by atoms with Crippen LogP contribution < -0.4 is 0 Å². The number of carboxylic acids is 1. The molecular formula is C7H12O3. The van der Waals surface area contributed by atoms with Gasteiger partial charge in [0.2, 0.25) is 0 Å². The third-order valence-electron chi connectivity index (χ3n) is 1.78. The third-order valence-corrected chi connectivity index (χ3v) is 1.78. The molecule has 0 saturated heterocycles. The number of hydrogen-bond acceptors (Lipinski definition) is 2. The second-order valence-corrected chi connectivity index (χ2v) is 2.53. The number of carbonyl (C=O) groups is 2. The van der Waals surface area contributed by atoms with Gasteiger partial charge >= 0.3 is 5.97 Å². The minimum Gasteiger partial charge on any atom is -0.481 e. The van der Waals surface area contributed by atoms with Crippen LogP contribution in [0.5, 0.6) is 0 Å². The molecule has 3 nitrogen and oxygen atoms in total. The topological polar surface area (TPSA) is 54.4 Å². The summed E-state index contributed by atoms with van der Waals surface area (Å²) in [5.74, 6) is -1.94. The molecule has 0 aromatic heterocycles. The summed E-state index contributed by atoms with van der Waals surface area (Å²) in [4.78, 5) is 20.9. The van der Waals surface area contributed by atoms with Crippen LogP contribution in [0.15, 0.2) is 0 Å². The maximum absolute atomic E-state index is 10.6. The van der Waals surface area contributed by atoms with Gasteiger partial charge in [0.05, 0.1) is 5.92 Å². The molecule has 0 saturated carbocycles. The predicted octanol–water partition coefficient (Wildman–Crippen LogP) is 0.932. The van der Waals surface area contributed by atoms with E-state index in [1.54, 1.807) is 6.92 Å². The molecule has 0 fully saturated rings. The number of ketones is 1. The number of carboxylic acid groups (broad SMARTS) is 1. The summed E-state index contributed by atoms with van der Waals surface area (Å²) < 4.78 is 0. The van der Waals surface area contributed by atoms with Gasteiger partial charge in [-0.2, -0.15) is 0 Å². The van der Waals surface area contributed by atoms with Crippen LogP contribution in [-0.4, -0.2) is 16.9 Å². The van der Waals surface area contributed by atoms with Gasteiger partial charge in [-0.25, -0.2) is 0 Å². The van der Waals surface area contributed by atoms with Crippen molar-refractivity contribution in [3.05, 3.63) is 0 Å². The van der Waals surface area contributed by atoms with E-state index in [4.69, 9.17) is 5.11 Å². The first-order valence-corrected chi connectivity index (χ1v) is 3.20. The highest BCUT2D eigenvalue weighted by atomic mass is 16.4. The highest BCUT2D eigenvalue weighted by Crippen LogP contribution is 2.11. The lowest BCUT2D eigenvalue weighted by Crippen LogP contribution is -2.23. The summed E-state index contributed by atoms with van der Waals surface area (Å²) in [6, 6.07) is 0. The molecule has 10 heavy (non-hydrogen) atoms. The van der Waals surface area contributed by atoms with Gasteiger partial charge in [0.25, 0.3) is 0 Å². The standard InChI is InChI=1S/C7H12O3/c1-4(6(3)8)5(2)7(9)10/h4-5H,1-3H3,(H,9,10). The van der Waals surface area contributed by atoms with Gasteiger partial charge in [-0.05, 0) is 6.92 Å². The molecular weight excluding hydrogens is 132 g/mol. The van der Waals surface area contributed by atoms with Crippen LogP contribution in [0.25, 0.3) is 0 Å². The maximum atomic E-state index is 10.6. The Morgan fingerprint density at radius 3 is 1.70 bits per heavy atom. The second-order valence-electron chi connectivity index (χ2n) is 2.53. The first-order valence-electron chi connectivity index (χ1n) is 3.20. The van der Waals surface area contributed by atoms with E-state index >= 15 is 0 Å². The molecule has 3 heteroatoms. The molecule has 0 bridgehead atoms. The fourth-order valence-electron chi connectivity index (χ4n) is 0.566. The van der Waals surface area contributed by atoms with E-state index in [1.165, 1.54) is 13.8 Å². The second kappa shape index (κ2) is 3.34. The van der Waals surface area contributed by atoms with Crippen molar-refractivity contribution in [2.45, 2.75) is 20.8 Å². The molecule has 0 spiro atoms. The Balaban J connectivity index is 4.07. The van der Waals surface area contributed by atoms with E-state index in [-0.39, 0.29) is 11.7 Å². The van der Waals surface area contributed by atoms with Crippen molar-refractivity contribution >= 4 is 11.8 Å². The van der Waals surface area contributed by atoms with Crippen molar-refractivity contribution in [3.8, 4) is 0 Å². The number of Topliss-reactive ketones (excluding diaryl/α,β-unsaturated/α-hetero) is 1. The van der Waals surface area contributed by atoms with Crippen molar-refractivity contribution in [3.63, 3.8) is 0 Å². The molecule has 0 rings (SSSR count). The molecule has 0 aromatic carbocycles. The summed E-state index contributed by atoms with van der Waals surface area (Å²) in [5, 5.41) is 8.45. The minimum atomic E-state index is -0.914. The SMILES string of the molecule is CC(=O)C(C)C(C)C(=O)O. The summed E-state index contributed by atoms with van der Waals surface area (Å²) in [5.41, 5.74) is 0. The molecule has 0 amide bonds. The quantitative estimate of drug-likeness (QED) is 0.641. The zero-order valence-electron chi connectivity index (χ0n) is 6.42. The lowest BCUT2D eigenvalue weighted by Gasteiger charge is -2.10. The van der Waals surface area contributed by atoms with E-state index in [0.29, 0.717) is 0 Å². The molecule has 1 N–H and O–H groups in total. The predicted molar refractivity (Wildman–Crippen MR) is 36.6 cm³/mol. The summed E-state index contributed by atoms with van der Waals surface area (Å²) in [6.07, 6.45) is 0. The average Bonchev–Trinajstić information content (AvgIpc) is 1.84. The van der Waals surface area contributed by atoms with Crippen molar-refractivity contribution in [1.29, 1.82) is 0 Å². The summed E-state index contributed by atoms with van der Waals surface area (Å²) in [6.45, 7) is 4.57. The molecule has 0 aliphatic rings. The van der Waals surface area contributed by atoms with Gasteiger partial charge in [0.1, 0.15) is 5.78 Å². The highest BCUT2D eigenvalue weighted by Gasteiger charge is 2.22. The van der Waals surface area contributed by atoms with Crippen molar-refractivity contribution in [1.82, 2.24) is 0 Å². The van der Waals surface area contributed by atoms with Crippen LogP contribution >= 0.6 is 0 Å². The van der Waals surface area contributed by atoms with Crippen LogP contribution in [0.2, 0.25) is 0 Å². The molecule has 2 atom stereocenters. The van der Waals surface area contributed by atoms with Crippen LogP contribution in [0.3, 0.4) is 0 Å². The molecule has 0 radical (unpaired) electrons. The van der Waals surface area contributed by atoms with Crippen LogP contribution in [-0.2, 0) is 9.59 Å². The Morgan fingerprint density at radius 1 is 1.20 bits per heavy atom. The fraction of sp³-hybridized carbons (Fsp3) is 0.714. The lowest BCUT2D eigenvalue weighted by molar-refractivity contribution is -0.145. The van der Waals surface area contributed by atoms with E-state index < -0.39 is 11.9 Å². The smallest absolute Gasteiger partial charge is 0.306 e. The maximum Gasteiger partial charge on any atom is 0.306 e. The number of rotatable bonds is 3. The summed E-state index contributed by atoms with van der Waals surface area (Å²) >= 11 is 0. The third kappa shape index (κ3) is 2.17. The van der Waals surface area contributed by atoms with E-state index in [1.807, 2.05) is 0 Å². The number of aliphatic carboxylic acids is 1. The van der Waals surface area contributed by atoms with Gasteiger partial charge in [-0.3, -0.25) is 9.59 Å². The van der Waals surface area contributed by atoms with Gasteiger partial charge < -0.3 is 5.11 Å². The molecule has 0 aliphatic heterocycles. The lowest BCUT2D eigenvalue weighted by atomic mass is 9.93. The first-order chi connectivity index (χ1) is 4.46. The zero-order valence-corrected chi connectivity index (χ0v) is 6.42. The Morgan fingerprint density at radius 2 is 1.60 bits per heavy atom. The first kappa shape index (κ1) is 9.14. The Kier molecular flexibility index (Phi) is 3.06. The fourth-order valence-corrected chi connectivity index (χ4v) is 0.566. The van der Waals surface area contributed by atoms with E-state index in [0.717, 1.165) is 0 Å². The van der Waals surface area contributed by atoms with Crippen LogP contribution in [0.4, 0.5) is 0 Å². The normalized spacial score (nSPS) is 15.9. The van der Waals surface area contributed by atoms with E-state index in [2.05, 4.69) is 0 Å². The molecule has 0 aliphatic carbocycles. The molecule has 0 heterocycles. The van der Waals surface area contributed by atoms with E-state index in [9.17, 15) is 9.59 Å². The molecule has 0 aromatic rings. The van der Waals surface area contributed by atoms with Crippen LogP contribution in [0.1, 0.15) is 20.8 Å². The summed E-state index contributed by atoms with van der Waals surface area (Å²) in [7, 11) is 0. The Hall–Kier alpha value is -0.860. The highest BCUT2D eigenvalue weighted by molar-refractivity contribution is 5.83. The van der Waals surface area contributed by atoms with Crippen molar-refractivity contribution in [2.75, 3.05) is 0 Å². The largest absolute Gasteiger partial charge is 0.481 e. The average molecular weight is 144 g/mol. The Labute approximate surface area is 60.0 Å². The minimum absolute atomic E-state index is 0.0742. The van der Waals surface area contributed by atoms with Gasteiger partial charge in [0, 0.05) is 5.92 Å². The van der Waals surface area contributed by atoms with Crippen LogP contribution in [0, 0.1) is 11.8 Å². The molecule has 58 valence electrons. The Bertz CT molecular complexity index is 133. The number of hydrogen-bond donors (Lipinski definition) is 1. The van der Waals surface area contributed by atoms with Gasteiger partial charge in [-0.1, -0.05) is 13.8 Å². The number of carbonyl (C=O) groups excluding carboxylic acids is 1. The van der Waals surface area contributed by atoms with Gasteiger partial charge in [0.15, 0.2) is 0 Å². The van der Waals surface area contributed by atoms with Crippen molar-refractivity contribution < 1.29 is 14.7 Å². The zero-order chi connectivity index (χ0) is 8.31. The van der Waals surface area contributed by atoms with Crippen molar-refractivity contribution in [2.24, 2.45) is 11.8 Å². The molecule has 2 unspecified atom stereocenters. The van der Waals surface area contributed by atoms with Gasteiger partial charge in [-0.15, -0.1) is 0 Å².